The zero-order valence-corrected chi connectivity index (χ0v) is 16.4. The number of rotatable bonds is 6. The predicted molar refractivity (Wildman–Crippen MR) is 109 cm³/mol. The molecule has 0 unspecified atom stereocenters. The van der Waals surface area contributed by atoms with Crippen LogP contribution in [-0.4, -0.2) is 18.4 Å². The van der Waals surface area contributed by atoms with Crippen molar-refractivity contribution in [3.05, 3.63) is 70.3 Å². The van der Waals surface area contributed by atoms with E-state index in [1.54, 1.807) is 24.3 Å². The van der Waals surface area contributed by atoms with Gasteiger partial charge in [0.15, 0.2) is 0 Å². The minimum absolute atomic E-state index is 0.155. The Hall–Kier alpha value is -3.11. The smallest absolute Gasteiger partial charge is 0.277 e. The van der Waals surface area contributed by atoms with E-state index in [4.69, 9.17) is 5.73 Å². The highest BCUT2D eigenvalue weighted by atomic mass is 79.9. The van der Waals surface area contributed by atoms with Gasteiger partial charge in [-0.25, -0.2) is 4.90 Å². The molecule has 0 bridgehead atoms. The van der Waals surface area contributed by atoms with E-state index in [0.29, 0.717) is 17.9 Å². The molecule has 0 aliphatic rings. The molecule has 2 amide bonds. The first-order valence-corrected chi connectivity index (χ1v) is 9.00. The molecule has 0 spiro atoms. The van der Waals surface area contributed by atoms with Crippen LogP contribution in [-0.2, 0) is 16.0 Å². The summed E-state index contributed by atoms with van der Waals surface area (Å²) in [5.74, 6) is -1.17. The highest BCUT2D eigenvalue weighted by Crippen LogP contribution is 2.18. The molecular weight excluding hydrogens is 408 g/mol. The van der Waals surface area contributed by atoms with E-state index >= 15 is 0 Å². The summed E-state index contributed by atoms with van der Waals surface area (Å²) in [4.78, 5) is 25.5. The first kappa shape index (κ1) is 20.2. The number of hydrogen-bond acceptors (Lipinski definition) is 5. The van der Waals surface area contributed by atoms with Crippen molar-refractivity contribution in [3.8, 4) is 6.07 Å². The van der Waals surface area contributed by atoms with Crippen LogP contribution in [0.4, 0.5) is 11.4 Å². The molecule has 0 aromatic heterocycles. The van der Waals surface area contributed by atoms with E-state index in [2.05, 4.69) is 21.2 Å². The summed E-state index contributed by atoms with van der Waals surface area (Å²) < 4.78 is 1.00. The fourth-order valence-electron chi connectivity index (χ4n) is 2.37. The number of carbonyl (C=O) groups is 2. The second-order valence-electron chi connectivity index (χ2n) is 5.75. The van der Waals surface area contributed by atoms with E-state index < -0.39 is 11.8 Å². The lowest BCUT2D eigenvalue weighted by molar-refractivity contribution is -0.123. The first-order valence-electron chi connectivity index (χ1n) is 8.21. The number of halogens is 1. The molecule has 0 heterocycles. The van der Waals surface area contributed by atoms with Gasteiger partial charge >= 0.3 is 0 Å². The summed E-state index contributed by atoms with van der Waals surface area (Å²) in [5, 5.41) is 12.3. The Labute approximate surface area is 166 Å². The molecule has 27 heavy (non-hydrogen) atoms. The van der Waals surface area contributed by atoms with Gasteiger partial charge in [0.25, 0.3) is 5.91 Å². The van der Waals surface area contributed by atoms with Gasteiger partial charge in [-0.05, 0) is 48.4 Å². The molecule has 2 aromatic rings. The lowest BCUT2D eigenvalue weighted by Crippen LogP contribution is -2.36. The molecule has 2 rings (SSSR count). The standard InChI is InChI=1S/C20H19BrN4O2/c1-14(26)25(19-8-6-18(23)7-9-19)20(27)16(12-22)13-24-11-10-15-2-4-17(21)5-3-15/h2-9,13,24H,10-11,23H2,1H3/b16-13-. The minimum atomic E-state index is -0.689. The second-order valence-corrected chi connectivity index (χ2v) is 6.67. The predicted octanol–water partition coefficient (Wildman–Crippen LogP) is 3.15. The first-order chi connectivity index (χ1) is 12.9. The molecule has 7 heteroatoms. The molecule has 0 saturated heterocycles. The number of imide groups is 1. The van der Waals surface area contributed by atoms with Crippen molar-refractivity contribution in [2.24, 2.45) is 0 Å². The number of nitrogen functional groups attached to an aromatic ring is 1. The summed E-state index contributed by atoms with van der Waals surface area (Å²) in [6, 6.07) is 16.0. The van der Waals surface area contributed by atoms with Crippen LogP contribution >= 0.6 is 15.9 Å². The van der Waals surface area contributed by atoms with Gasteiger partial charge in [0.05, 0.1) is 5.69 Å². The Balaban J connectivity index is 2.06. The van der Waals surface area contributed by atoms with Crippen LogP contribution in [0.15, 0.2) is 64.8 Å². The topological polar surface area (TPSA) is 99.2 Å². The third kappa shape index (κ3) is 5.69. The van der Waals surface area contributed by atoms with E-state index in [9.17, 15) is 14.9 Å². The van der Waals surface area contributed by atoms with Gasteiger partial charge in [0.2, 0.25) is 5.91 Å². The minimum Gasteiger partial charge on any atom is -0.399 e. The van der Waals surface area contributed by atoms with Gasteiger partial charge in [-0.1, -0.05) is 28.1 Å². The maximum Gasteiger partial charge on any atom is 0.277 e. The van der Waals surface area contributed by atoms with E-state index in [1.807, 2.05) is 30.3 Å². The second kappa shape index (κ2) is 9.55. The number of anilines is 2. The fourth-order valence-corrected chi connectivity index (χ4v) is 2.63. The van der Waals surface area contributed by atoms with Crippen LogP contribution < -0.4 is 16.0 Å². The third-order valence-corrected chi connectivity index (χ3v) is 4.27. The van der Waals surface area contributed by atoms with Crippen LogP contribution in [0, 0.1) is 11.3 Å². The molecule has 0 fully saturated rings. The Kier molecular flexibility index (Phi) is 7.15. The average Bonchev–Trinajstić information content (AvgIpc) is 2.64. The molecule has 6 nitrogen and oxygen atoms in total. The van der Waals surface area contributed by atoms with Crippen molar-refractivity contribution in [1.29, 1.82) is 5.26 Å². The zero-order chi connectivity index (χ0) is 19.8. The molecule has 0 aliphatic carbocycles. The highest BCUT2D eigenvalue weighted by molar-refractivity contribution is 9.10. The van der Waals surface area contributed by atoms with Gasteiger partial charge in [-0.15, -0.1) is 0 Å². The number of nitrogens with one attached hydrogen (secondary N) is 1. The van der Waals surface area contributed by atoms with E-state index in [-0.39, 0.29) is 5.57 Å². The molecule has 0 atom stereocenters. The summed E-state index contributed by atoms with van der Waals surface area (Å²) in [6.07, 6.45) is 2.07. The van der Waals surface area contributed by atoms with Crippen molar-refractivity contribution < 1.29 is 9.59 Å². The molecule has 3 N–H and O–H groups in total. The van der Waals surface area contributed by atoms with Crippen LogP contribution in [0.25, 0.3) is 0 Å². The Morgan fingerprint density at radius 2 is 1.81 bits per heavy atom. The van der Waals surface area contributed by atoms with Crippen molar-refractivity contribution >= 4 is 39.1 Å². The van der Waals surface area contributed by atoms with Crippen molar-refractivity contribution in [2.75, 3.05) is 17.2 Å². The van der Waals surface area contributed by atoms with Crippen LogP contribution in [0.2, 0.25) is 0 Å². The van der Waals surface area contributed by atoms with Gasteiger partial charge < -0.3 is 11.1 Å². The fraction of sp³-hybridized carbons (Fsp3) is 0.150. The maximum absolute atomic E-state index is 12.6. The quantitative estimate of drug-likeness (QED) is 0.319. The number of amides is 2. The molecule has 0 aliphatic heterocycles. The molecule has 0 saturated carbocycles. The van der Waals surface area contributed by atoms with Crippen LogP contribution in [0.1, 0.15) is 12.5 Å². The SMILES string of the molecule is CC(=O)N(C(=O)/C(C#N)=C\NCCc1ccc(Br)cc1)c1ccc(N)cc1. The van der Waals surface area contributed by atoms with E-state index in [1.165, 1.54) is 13.1 Å². The van der Waals surface area contributed by atoms with Gasteiger partial charge in [-0.2, -0.15) is 5.26 Å². The highest BCUT2D eigenvalue weighted by Gasteiger charge is 2.23. The number of benzene rings is 2. The molecule has 138 valence electrons. The van der Waals surface area contributed by atoms with Gasteiger partial charge in [0, 0.05) is 29.8 Å². The maximum atomic E-state index is 12.6. The third-order valence-electron chi connectivity index (χ3n) is 3.74. The summed E-state index contributed by atoms with van der Waals surface area (Å²) in [6.45, 7) is 1.81. The lowest BCUT2D eigenvalue weighted by Gasteiger charge is -2.19. The monoisotopic (exact) mass is 426 g/mol. The van der Waals surface area contributed by atoms with Gasteiger partial charge in [0.1, 0.15) is 11.6 Å². The van der Waals surface area contributed by atoms with Crippen molar-refractivity contribution in [3.63, 3.8) is 0 Å². The number of nitrogens with zero attached hydrogens (tertiary/aromatic N) is 2. The van der Waals surface area contributed by atoms with Gasteiger partial charge in [-0.3, -0.25) is 9.59 Å². The largest absolute Gasteiger partial charge is 0.399 e. The Morgan fingerprint density at radius 3 is 2.37 bits per heavy atom. The molecule has 2 aromatic carbocycles. The Morgan fingerprint density at radius 1 is 1.19 bits per heavy atom. The number of nitriles is 1. The number of hydrogen-bond donors (Lipinski definition) is 2. The normalized spacial score (nSPS) is 10.8. The average molecular weight is 427 g/mol. The van der Waals surface area contributed by atoms with Crippen molar-refractivity contribution in [2.45, 2.75) is 13.3 Å². The molecule has 0 radical (unpaired) electrons. The van der Waals surface area contributed by atoms with Crippen LogP contribution in [0.5, 0.6) is 0 Å². The zero-order valence-electron chi connectivity index (χ0n) is 14.8. The van der Waals surface area contributed by atoms with E-state index in [0.717, 1.165) is 21.4 Å². The van der Waals surface area contributed by atoms with Crippen LogP contribution in [0.3, 0.4) is 0 Å². The summed E-state index contributed by atoms with van der Waals surface area (Å²) in [5.41, 5.74) is 7.48. The summed E-state index contributed by atoms with van der Waals surface area (Å²) >= 11 is 3.38. The lowest BCUT2D eigenvalue weighted by atomic mass is 10.1. The van der Waals surface area contributed by atoms with Crippen molar-refractivity contribution in [1.82, 2.24) is 5.32 Å². The number of carbonyl (C=O) groups excluding carboxylic acids is 2. The molecular formula is C20H19BrN4O2. The Bertz CT molecular complexity index is 884. The number of nitrogens with two attached hydrogens (primary N) is 1. The summed E-state index contributed by atoms with van der Waals surface area (Å²) in [7, 11) is 0.